The zero-order valence-electron chi connectivity index (χ0n) is 69.4. The molecule has 0 saturated carbocycles. The third-order valence-corrected chi connectivity index (χ3v) is 22.7. The lowest BCUT2D eigenvalue weighted by Gasteiger charge is -2.11. The third-order valence-electron chi connectivity index (χ3n) is 22.7. The highest BCUT2D eigenvalue weighted by Gasteiger charge is 2.25. The number of aromatic nitrogens is 15. The Kier molecular flexibility index (Phi) is 21.7. The van der Waals surface area contributed by atoms with E-state index in [9.17, 15) is 0 Å². The Morgan fingerprint density at radius 2 is 0.818 bits per heavy atom. The lowest BCUT2D eigenvalue weighted by atomic mass is 10.1. The third kappa shape index (κ3) is 16.4. The van der Waals surface area contributed by atoms with Gasteiger partial charge in [0, 0.05) is 157 Å². The number of anilines is 5. The average molecular weight is 1600 g/mol. The van der Waals surface area contributed by atoms with Gasteiger partial charge >= 0.3 is 0 Å². The number of allylic oxidation sites excluding steroid dienone is 2. The number of aliphatic imine (C=N–C) groups is 7. The van der Waals surface area contributed by atoms with Crippen LogP contribution >= 0.6 is 0 Å². The van der Waals surface area contributed by atoms with Crippen LogP contribution in [0.1, 0.15) is 140 Å². The maximum Gasteiger partial charge on any atom is 0.154 e. The molecule has 5 aromatic carbocycles. The molecule has 0 amide bonds. The highest BCUT2D eigenvalue weighted by atomic mass is 15.3. The Morgan fingerprint density at radius 3 is 1.35 bits per heavy atom. The van der Waals surface area contributed by atoms with Crippen LogP contribution in [0.2, 0.25) is 0 Å². The van der Waals surface area contributed by atoms with Crippen molar-refractivity contribution in [1.82, 2.24) is 73.6 Å². The van der Waals surface area contributed by atoms with E-state index in [1.54, 1.807) is 18.6 Å². The summed E-state index contributed by atoms with van der Waals surface area (Å²) in [5.74, 6) is 4.14. The van der Waals surface area contributed by atoms with Gasteiger partial charge in [-0.15, -0.1) is 0 Å². The Hall–Kier alpha value is -14.6. The lowest BCUT2D eigenvalue weighted by molar-refractivity contribution is 0.471. The first-order valence-electron chi connectivity index (χ1n) is 41.1. The molecule has 22 rings (SSSR count). The Balaban J connectivity index is 0.000000104. The molecule has 7 aliphatic rings. The minimum absolute atomic E-state index is 0.398. The summed E-state index contributed by atoms with van der Waals surface area (Å²) < 4.78 is 10.4. The second-order valence-corrected chi connectivity index (χ2v) is 31.2. The first kappa shape index (κ1) is 77.6. The van der Waals surface area contributed by atoms with Gasteiger partial charge in [0.2, 0.25) is 0 Å². The molecule has 0 bridgehead atoms. The molecule has 27 heteroatoms. The van der Waals surface area contributed by atoms with Gasteiger partial charge in [-0.1, -0.05) is 49.3 Å². The minimum Gasteiger partial charge on any atom is -0.341 e. The largest absolute Gasteiger partial charge is 0.341 e. The topological polar surface area (TPSA) is 300 Å². The summed E-state index contributed by atoms with van der Waals surface area (Å²) in [5.41, 5.74) is 29.0. The monoisotopic (exact) mass is 1600 g/mol. The number of hydrogen-bond acceptors (Lipinski definition) is 22. The predicted octanol–water partition coefficient (Wildman–Crippen LogP) is 17.2. The Morgan fingerprint density at radius 1 is 0.380 bits per heavy atom. The van der Waals surface area contributed by atoms with Crippen LogP contribution < -0.4 is 26.6 Å². The van der Waals surface area contributed by atoms with Crippen molar-refractivity contribution in [3.8, 4) is 0 Å². The Bertz CT molecular complexity index is 6590. The van der Waals surface area contributed by atoms with E-state index in [2.05, 4.69) is 299 Å². The van der Waals surface area contributed by atoms with Crippen molar-refractivity contribution in [3.63, 3.8) is 0 Å². The maximum absolute atomic E-state index is 4.74. The number of benzene rings is 5. The highest BCUT2D eigenvalue weighted by Crippen LogP contribution is 2.33. The summed E-state index contributed by atoms with van der Waals surface area (Å²) >= 11 is 0. The molecule has 27 nitrogen and oxygen atoms in total. The van der Waals surface area contributed by atoms with E-state index >= 15 is 0 Å². The van der Waals surface area contributed by atoms with Crippen LogP contribution in [-0.4, -0.2) is 127 Å². The number of pyridine rings is 4. The molecular formula is C94H93N27. The number of nitrogens with one attached hydrogen (secondary N) is 5. The van der Waals surface area contributed by atoms with Crippen molar-refractivity contribution >= 4 is 124 Å². The van der Waals surface area contributed by atoms with Crippen molar-refractivity contribution in [2.75, 3.05) is 39.7 Å². The molecule has 121 heavy (non-hydrogen) atoms. The van der Waals surface area contributed by atoms with Gasteiger partial charge in [0.05, 0.1) is 110 Å². The number of aryl methyl sites for hydroxylation is 4. The summed E-state index contributed by atoms with van der Waals surface area (Å²) in [4.78, 5) is 58.3. The summed E-state index contributed by atoms with van der Waals surface area (Å²) in [5, 5.41) is 41.2. The molecule has 2 unspecified atom stereocenters. The normalized spacial score (nSPS) is 14.8. The number of nitrogens with zero attached hydrogens (tertiary/aromatic N) is 22. The summed E-state index contributed by atoms with van der Waals surface area (Å²) in [6.07, 6.45) is 21.1. The van der Waals surface area contributed by atoms with Crippen LogP contribution in [0.15, 0.2) is 253 Å². The minimum atomic E-state index is 0.398. The predicted molar refractivity (Wildman–Crippen MR) is 486 cm³/mol. The highest BCUT2D eigenvalue weighted by molar-refractivity contribution is 6.13. The van der Waals surface area contributed by atoms with Crippen LogP contribution in [0.3, 0.4) is 0 Å². The van der Waals surface area contributed by atoms with Crippen LogP contribution in [-0.2, 0) is 52.9 Å². The van der Waals surface area contributed by atoms with Crippen molar-refractivity contribution in [1.29, 1.82) is 0 Å². The summed E-state index contributed by atoms with van der Waals surface area (Å²) in [6, 6.07) is 50.5. The van der Waals surface area contributed by atoms with Gasteiger partial charge in [-0.3, -0.25) is 78.6 Å². The number of amidine groups is 5. The molecule has 10 aromatic heterocycles. The number of hydrogen-bond donors (Lipinski definition) is 5. The molecule has 0 saturated heterocycles. The summed E-state index contributed by atoms with van der Waals surface area (Å²) in [7, 11) is 1.96. The fourth-order valence-corrected chi connectivity index (χ4v) is 15.8. The second kappa shape index (κ2) is 33.8. The van der Waals surface area contributed by atoms with Crippen LogP contribution in [0.5, 0.6) is 0 Å². The molecule has 0 fully saturated rings. The van der Waals surface area contributed by atoms with Crippen LogP contribution in [0, 0.1) is 20.8 Å². The van der Waals surface area contributed by atoms with Crippen molar-refractivity contribution in [2.24, 2.45) is 42.0 Å². The fraction of sp³-hybridized carbons (Fsp3) is 0.245. The van der Waals surface area contributed by atoms with E-state index in [4.69, 9.17) is 10.2 Å². The van der Waals surface area contributed by atoms with Crippen molar-refractivity contribution in [2.45, 2.75) is 133 Å². The van der Waals surface area contributed by atoms with Gasteiger partial charge in [0.1, 0.15) is 28.5 Å². The molecule has 0 spiro atoms. The average Bonchev–Trinajstić information content (AvgIpc) is 1.66. The van der Waals surface area contributed by atoms with Crippen molar-refractivity contribution < 1.29 is 0 Å². The van der Waals surface area contributed by atoms with Gasteiger partial charge < -0.3 is 31.2 Å². The van der Waals surface area contributed by atoms with Crippen LogP contribution in [0.25, 0.3) is 54.5 Å². The zero-order chi connectivity index (χ0) is 82.8. The molecule has 2 atom stereocenters. The summed E-state index contributed by atoms with van der Waals surface area (Å²) in [6.45, 7) is 25.8. The van der Waals surface area contributed by atoms with E-state index in [1.165, 1.54) is 66.3 Å². The lowest BCUT2D eigenvalue weighted by Crippen LogP contribution is -2.13. The van der Waals surface area contributed by atoms with E-state index in [-0.39, 0.29) is 0 Å². The van der Waals surface area contributed by atoms with Crippen molar-refractivity contribution in [3.05, 3.63) is 292 Å². The molecule has 0 aliphatic carbocycles. The maximum atomic E-state index is 4.74. The molecule has 17 heterocycles. The molecular weight excluding hydrogens is 1510 g/mol. The number of fused-ring (bicyclic) bond motifs is 10. The van der Waals surface area contributed by atoms with Gasteiger partial charge in [-0.05, 0) is 195 Å². The molecule has 0 radical (unpaired) electrons. The standard InChI is InChI=1S/C21H19N5.C19H17N7.2C19H21N5.C16H15N5/c1-14-9-18(23-11-14)13-26-8-6-15-10-17(4-5-19(15)26)25-21-20-16(12-24-21)3-2-7-22-20;1-12-6-15(22-8-12)11-26-17-3-2-14(7-13(17)9-24-26)25-19-18-16(10-23-19)20-4-5-21-18;1-4-12(2)24-13(3)16-10-15(7-8-17(16)23-24)22-19-18-14(11-21-19)6-5-9-20-18;1-4-12(2)24-17-8-7-15(10-16(17)13(3)23-24)22-19-18-14(11-21-19)6-5-9-20-18;1-10-13-8-12(5-6-14(13)20-21(10)2)19-16-15-11(9-18-16)4-3-7-17-15/h2-10H,11-13H2,1H3,(H,24,25);2-7,9H,8,10-11H2,1H3,(H,23,25);2*5-10,12H,4,11H2,1-3H3,(H,21,22);3-8H,9H2,1-2H3,(H,18,19). The van der Waals surface area contributed by atoms with Gasteiger partial charge in [0.15, 0.2) is 29.2 Å². The van der Waals surface area contributed by atoms with E-state index < -0.39 is 0 Å². The van der Waals surface area contributed by atoms with Crippen LogP contribution in [0.4, 0.5) is 28.4 Å². The number of rotatable bonds is 13. The first-order valence-corrected chi connectivity index (χ1v) is 41.1. The van der Waals surface area contributed by atoms with E-state index in [0.29, 0.717) is 51.4 Å². The molecule has 604 valence electrons. The smallest absolute Gasteiger partial charge is 0.154 e. The molecule has 15 aromatic rings. The Labute approximate surface area is 700 Å². The molecule has 7 aliphatic heterocycles. The second-order valence-electron chi connectivity index (χ2n) is 31.2. The molecule has 5 N–H and O–H groups in total. The first-order chi connectivity index (χ1) is 59.1. The van der Waals surface area contributed by atoms with Gasteiger partial charge in [0.25, 0.3) is 0 Å². The van der Waals surface area contributed by atoms with Gasteiger partial charge in [-0.2, -0.15) is 20.4 Å². The quantitative estimate of drug-likeness (QED) is 0.0717. The fourth-order valence-electron chi connectivity index (χ4n) is 15.8. The van der Waals surface area contributed by atoms with Gasteiger partial charge in [-0.25, -0.2) is 4.98 Å². The van der Waals surface area contributed by atoms with E-state index in [1.807, 2.05) is 83.7 Å². The SMILES string of the molecule is CC1=CC(Cn2ccc3cc(NC4=NCc5cccnc54)ccc32)=NC1.CC1=CC(Cn2ncc3cc(NC4=NCc5nccnc54)ccc32)=NC1.CCC(C)n1nc(C)c2cc(NC3=NCc4cccnc43)ccc21.CCC(C)n1nc2ccc(NC3=NCc4cccnc43)cc2c1C.Cc1c2cc(NC3=NCc4cccnc43)ccc2nn1C. The van der Waals surface area contributed by atoms with E-state index in [0.717, 1.165) is 174 Å². The zero-order valence-corrected chi connectivity index (χ0v) is 69.4.